The molecule has 0 saturated carbocycles. The molecule has 2 N–H and O–H groups in total. The van der Waals surface area contributed by atoms with Crippen LogP contribution in [0, 0.1) is 5.41 Å². The van der Waals surface area contributed by atoms with Gasteiger partial charge in [0.25, 0.3) is 5.91 Å². The maximum absolute atomic E-state index is 12.2. The van der Waals surface area contributed by atoms with Gasteiger partial charge in [-0.3, -0.25) is 4.79 Å². The summed E-state index contributed by atoms with van der Waals surface area (Å²) < 4.78 is 0. The summed E-state index contributed by atoms with van der Waals surface area (Å²) in [5.41, 5.74) is 2.01. The van der Waals surface area contributed by atoms with E-state index in [0.29, 0.717) is 0 Å². The molecule has 21 heavy (non-hydrogen) atoms. The number of hydrogen-bond acceptors (Lipinski definition) is 3. The Morgan fingerprint density at radius 3 is 2.43 bits per heavy atom. The molecule has 0 atom stereocenters. The van der Waals surface area contributed by atoms with Crippen LogP contribution in [0.5, 0.6) is 0 Å². The standard InChI is InChI=1S/C17H27N3O/c1-4-18-15-7-5-14(6-8-15)16(21)19-13-17(2)9-11-20(3)12-10-17/h5-8,18H,4,9-13H2,1-3H3,(H,19,21). The second kappa shape index (κ2) is 6.94. The van der Waals surface area contributed by atoms with E-state index in [-0.39, 0.29) is 11.3 Å². The van der Waals surface area contributed by atoms with Crippen molar-refractivity contribution in [3.63, 3.8) is 0 Å². The predicted molar refractivity (Wildman–Crippen MR) is 87.8 cm³/mol. The number of likely N-dealkylation sites (tertiary alicyclic amines) is 1. The van der Waals surface area contributed by atoms with Crippen LogP contribution >= 0.6 is 0 Å². The molecule has 0 aromatic heterocycles. The quantitative estimate of drug-likeness (QED) is 0.875. The van der Waals surface area contributed by atoms with Gasteiger partial charge in [0.1, 0.15) is 0 Å². The van der Waals surface area contributed by atoms with E-state index in [2.05, 4.69) is 36.4 Å². The molecule has 1 fully saturated rings. The molecule has 0 aliphatic carbocycles. The number of anilines is 1. The third-order valence-electron chi connectivity index (χ3n) is 4.40. The van der Waals surface area contributed by atoms with Crippen molar-refractivity contribution in [2.45, 2.75) is 26.7 Å². The van der Waals surface area contributed by atoms with Crippen LogP contribution in [0.15, 0.2) is 24.3 Å². The Morgan fingerprint density at radius 2 is 1.86 bits per heavy atom. The number of carbonyl (C=O) groups is 1. The van der Waals surface area contributed by atoms with Crippen LogP contribution in [0.2, 0.25) is 0 Å². The van der Waals surface area contributed by atoms with Gasteiger partial charge in [-0.05, 0) is 69.6 Å². The van der Waals surface area contributed by atoms with Crippen molar-refractivity contribution in [1.82, 2.24) is 10.2 Å². The van der Waals surface area contributed by atoms with Crippen LogP contribution in [0.3, 0.4) is 0 Å². The zero-order valence-electron chi connectivity index (χ0n) is 13.4. The topological polar surface area (TPSA) is 44.4 Å². The largest absolute Gasteiger partial charge is 0.385 e. The molecule has 1 aromatic rings. The Bertz CT molecular complexity index is 461. The molecule has 1 amide bonds. The molecule has 0 bridgehead atoms. The molecule has 4 heteroatoms. The van der Waals surface area contributed by atoms with E-state index in [1.54, 1.807) is 0 Å². The fraction of sp³-hybridized carbons (Fsp3) is 0.588. The van der Waals surface area contributed by atoms with Crippen LogP contribution in [0.1, 0.15) is 37.0 Å². The normalized spacial score (nSPS) is 18.2. The van der Waals surface area contributed by atoms with Crippen molar-refractivity contribution >= 4 is 11.6 Å². The molecule has 1 aliphatic heterocycles. The summed E-state index contributed by atoms with van der Waals surface area (Å²) in [6, 6.07) is 7.67. The van der Waals surface area contributed by atoms with E-state index >= 15 is 0 Å². The lowest BCUT2D eigenvalue weighted by Gasteiger charge is -2.37. The Kier molecular flexibility index (Phi) is 5.23. The number of benzene rings is 1. The SMILES string of the molecule is CCNc1ccc(C(=O)NCC2(C)CCN(C)CC2)cc1. The van der Waals surface area contributed by atoms with Crippen LogP contribution in [0.25, 0.3) is 0 Å². The summed E-state index contributed by atoms with van der Waals surface area (Å²) in [4.78, 5) is 14.6. The van der Waals surface area contributed by atoms with Crippen LogP contribution in [-0.2, 0) is 0 Å². The van der Waals surface area contributed by atoms with Crippen molar-refractivity contribution in [3.8, 4) is 0 Å². The lowest BCUT2D eigenvalue weighted by atomic mass is 9.80. The fourth-order valence-electron chi connectivity index (χ4n) is 2.67. The lowest BCUT2D eigenvalue weighted by Crippen LogP contribution is -2.43. The van der Waals surface area contributed by atoms with Crippen LogP contribution < -0.4 is 10.6 Å². The monoisotopic (exact) mass is 289 g/mol. The molecule has 0 spiro atoms. The number of nitrogens with one attached hydrogen (secondary N) is 2. The fourth-order valence-corrected chi connectivity index (χ4v) is 2.67. The van der Waals surface area contributed by atoms with Gasteiger partial charge in [0.05, 0.1) is 0 Å². The molecular weight excluding hydrogens is 262 g/mol. The maximum Gasteiger partial charge on any atom is 0.251 e. The molecule has 1 heterocycles. The van der Waals surface area contributed by atoms with E-state index in [4.69, 9.17) is 0 Å². The van der Waals surface area contributed by atoms with Gasteiger partial charge in [-0.2, -0.15) is 0 Å². The average molecular weight is 289 g/mol. The van der Waals surface area contributed by atoms with Gasteiger partial charge in [0.2, 0.25) is 0 Å². The Morgan fingerprint density at radius 1 is 1.24 bits per heavy atom. The number of piperidine rings is 1. The van der Waals surface area contributed by atoms with Gasteiger partial charge >= 0.3 is 0 Å². The van der Waals surface area contributed by atoms with Crippen LogP contribution in [-0.4, -0.2) is 44.0 Å². The zero-order valence-corrected chi connectivity index (χ0v) is 13.4. The Hall–Kier alpha value is -1.55. The van der Waals surface area contributed by atoms with E-state index in [0.717, 1.165) is 50.3 Å². The smallest absolute Gasteiger partial charge is 0.251 e. The van der Waals surface area contributed by atoms with E-state index in [1.165, 1.54) is 0 Å². The highest BCUT2D eigenvalue weighted by Gasteiger charge is 2.29. The molecule has 0 unspecified atom stereocenters. The summed E-state index contributed by atoms with van der Waals surface area (Å²) >= 11 is 0. The van der Waals surface area contributed by atoms with Crippen molar-refractivity contribution in [3.05, 3.63) is 29.8 Å². The third-order valence-corrected chi connectivity index (χ3v) is 4.40. The molecule has 1 saturated heterocycles. The number of hydrogen-bond donors (Lipinski definition) is 2. The van der Waals surface area contributed by atoms with Gasteiger partial charge in [-0.15, -0.1) is 0 Å². The van der Waals surface area contributed by atoms with E-state index in [1.807, 2.05) is 24.3 Å². The van der Waals surface area contributed by atoms with Crippen molar-refractivity contribution in [2.75, 3.05) is 38.5 Å². The zero-order chi connectivity index (χ0) is 15.3. The summed E-state index contributed by atoms with van der Waals surface area (Å²) in [7, 11) is 2.16. The second-order valence-electron chi connectivity index (χ2n) is 6.40. The Balaban J connectivity index is 1.86. The first-order chi connectivity index (χ1) is 10.0. The highest BCUT2D eigenvalue weighted by molar-refractivity contribution is 5.94. The predicted octanol–water partition coefficient (Wildman–Crippen LogP) is 2.58. The molecular formula is C17H27N3O. The first-order valence-electron chi connectivity index (χ1n) is 7.83. The van der Waals surface area contributed by atoms with Gasteiger partial charge in [-0.1, -0.05) is 6.92 Å². The van der Waals surface area contributed by atoms with Gasteiger partial charge in [0, 0.05) is 24.3 Å². The summed E-state index contributed by atoms with van der Waals surface area (Å²) in [5, 5.41) is 6.33. The number of carbonyl (C=O) groups excluding carboxylic acids is 1. The molecule has 0 radical (unpaired) electrons. The molecule has 4 nitrogen and oxygen atoms in total. The minimum absolute atomic E-state index is 0.0261. The molecule has 1 aliphatic rings. The van der Waals surface area contributed by atoms with Crippen LogP contribution in [0.4, 0.5) is 5.69 Å². The highest BCUT2D eigenvalue weighted by Crippen LogP contribution is 2.29. The molecule has 2 rings (SSSR count). The minimum Gasteiger partial charge on any atom is -0.385 e. The lowest BCUT2D eigenvalue weighted by molar-refractivity contribution is 0.0891. The third kappa shape index (κ3) is 4.46. The summed E-state index contributed by atoms with van der Waals surface area (Å²) in [5.74, 6) is 0.0261. The summed E-state index contributed by atoms with van der Waals surface area (Å²) in [6.45, 7) is 8.21. The van der Waals surface area contributed by atoms with E-state index in [9.17, 15) is 4.79 Å². The maximum atomic E-state index is 12.2. The van der Waals surface area contributed by atoms with Crippen molar-refractivity contribution in [2.24, 2.45) is 5.41 Å². The van der Waals surface area contributed by atoms with Gasteiger partial charge in [-0.25, -0.2) is 0 Å². The minimum atomic E-state index is 0.0261. The van der Waals surface area contributed by atoms with Crippen molar-refractivity contribution < 1.29 is 4.79 Å². The summed E-state index contributed by atoms with van der Waals surface area (Å²) in [6.07, 6.45) is 2.28. The number of nitrogens with zero attached hydrogens (tertiary/aromatic N) is 1. The van der Waals surface area contributed by atoms with E-state index < -0.39 is 0 Å². The first-order valence-corrected chi connectivity index (χ1v) is 7.83. The molecule has 116 valence electrons. The molecule has 1 aromatic carbocycles. The highest BCUT2D eigenvalue weighted by atomic mass is 16.1. The van der Waals surface area contributed by atoms with Gasteiger partial charge < -0.3 is 15.5 Å². The van der Waals surface area contributed by atoms with Crippen molar-refractivity contribution in [1.29, 1.82) is 0 Å². The average Bonchev–Trinajstić information content (AvgIpc) is 2.49. The second-order valence-corrected chi connectivity index (χ2v) is 6.40. The Labute approximate surface area is 127 Å². The van der Waals surface area contributed by atoms with Gasteiger partial charge in [0.15, 0.2) is 0 Å². The number of amides is 1. The first kappa shape index (κ1) is 15.8. The number of rotatable bonds is 5.